The number of aryl methyl sites for hydroxylation is 1. The third kappa shape index (κ3) is 1.54. The van der Waals surface area contributed by atoms with E-state index in [9.17, 15) is 4.79 Å². The predicted octanol–water partition coefficient (Wildman–Crippen LogP) is -0.0170. The van der Waals surface area contributed by atoms with E-state index in [1.54, 1.807) is 6.92 Å². The molecule has 0 spiro atoms. The van der Waals surface area contributed by atoms with Crippen LogP contribution in [0.2, 0.25) is 0 Å². The lowest BCUT2D eigenvalue weighted by Gasteiger charge is -1.99. The molecule has 2 rings (SSSR count). The fourth-order valence-electron chi connectivity index (χ4n) is 1.05. The van der Waals surface area contributed by atoms with Gasteiger partial charge in [-0.05, 0) is 6.92 Å². The van der Waals surface area contributed by atoms with Gasteiger partial charge in [0.2, 0.25) is 0 Å². The fraction of sp³-hybridized carbons (Fsp3) is 0.250. The Hall–Kier alpha value is -1.98. The van der Waals surface area contributed by atoms with Crippen LogP contribution in [0, 0.1) is 6.92 Å². The summed E-state index contributed by atoms with van der Waals surface area (Å²) in [4.78, 5) is 15.1. The van der Waals surface area contributed by atoms with Crippen LogP contribution < -0.4 is 5.56 Å². The SMILES string of the molecule is Cc1nonc1Cn1cnccc1=O. The molecule has 2 aromatic rings. The Bertz CT molecular complexity index is 488. The van der Waals surface area contributed by atoms with Crippen molar-refractivity contribution in [3.05, 3.63) is 40.3 Å². The maximum absolute atomic E-state index is 11.3. The second-order valence-electron chi connectivity index (χ2n) is 2.84. The highest BCUT2D eigenvalue weighted by molar-refractivity contribution is 5.05. The molecule has 0 aliphatic carbocycles. The molecule has 0 bridgehead atoms. The van der Waals surface area contributed by atoms with Crippen molar-refractivity contribution in [2.75, 3.05) is 0 Å². The van der Waals surface area contributed by atoms with Crippen molar-refractivity contribution in [1.82, 2.24) is 19.9 Å². The molecule has 0 aromatic carbocycles. The van der Waals surface area contributed by atoms with Crippen molar-refractivity contribution in [3.63, 3.8) is 0 Å². The number of nitrogens with zero attached hydrogens (tertiary/aromatic N) is 4. The van der Waals surface area contributed by atoms with Gasteiger partial charge >= 0.3 is 0 Å². The molecule has 72 valence electrons. The Balaban J connectivity index is 2.32. The molecule has 2 heterocycles. The fourth-order valence-corrected chi connectivity index (χ4v) is 1.05. The Kier molecular flexibility index (Phi) is 2.10. The van der Waals surface area contributed by atoms with Gasteiger partial charge in [-0.1, -0.05) is 10.3 Å². The first-order chi connectivity index (χ1) is 6.77. The van der Waals surface area contributed by atoms with Gasteiger partial charge in [0.15, 0.2) is 0 Å². The lowest BCUT2D eigenvalue weighted by molar-refractivity contribution is 0.300. The smallest absolute Gasteiger partial charge is 0.253 e. The van der Waals surface area contributed by atoms with Crippen molar-refractivity contribution in [1.29, 1.82) is 0 Å². The zero-order chi connectivity index (χ0) is 9.97. The first kappa shape index (κ1) is 8.61. The van der Waals surface area contributed by atoms with E-state index in [1.165, 1.54) is 23.2 Å². The summed E-state index contributed by atoms with van der Waals surface area (Å²) in [5, 5.41) is 7.30. The topological polar surface area (TPSA) is 73.8 Å². The molecule has 6 nitrogen and oxygen atoms in total. The van der Waals surface area contributed by atoms with E-state index in [4.69, 9.17) is 0 Å². The highest BCUT2D eigenvalue weighted by Crippen LogP contribution is 2.00. The molecule has 0 aliphatic rings. The molecular formula is C8H8N4O2. The van der Waals surface area contributed by atoms with Crippen LogP contribution in [0.3, 0.4) is 0 Å². The summed E-state index contributed by atoms with van der Waals surface area (Å²) in [7, 11) is 0. The van der Waals surface area contributed by atoms with Gasteiger partial charge in [-0.2, -0.15) is 0 Å². The first-order valence-corrected chi connectivity index (χ1v) is 4.06. The molecule has 0 fully saturated rings. The second-order valence-corrected chi connectivity index (χ2v) is 2.84. The minimum atomic E-state index is -0.123. The highest BCUT2D eigenvalue weighted by atomic mass is 16.6. The van der Waals surface area contributed by atoms with E-state index in [1.807, 2.05) is 0 Å². The summed E-state index contributed by atoms with van der Waals surface area (Å²) in [5.41, 5.74) is 1.20. The average molecular weight is 192 g/mol. The first-order valence-electron chi connectivity index (χ1n) is 4.06. The van der Waals surface area contributed by atoms with Crippen LogP contribution in [-0.2, 0) is 6.54 Å². The second kappa shape index (κ2) is 3.41. The highest BCUT2D eigenvalue weighted by Gasteiger charge is 2.06. The number of hydrogen-bond donors (Lipinski definition) is 0. The summed E-state index contributed by atoms with van der Waals surface area (Å²) >= 11 is 0. The number of rotatable bonds is 2. The Morgan fingerprint density at radius 1 is 1.50 bits per heavy atom. The van der Waals surface area contributed by atoms with Crippen molar-refractivity contribution in [2.45, 2.75) is 13.5 Å². The summed E-state index contributed by atoms with van der Waals surface area (Å²) in [5.74, 6) is 0. The number of aromatic nitrogens is 4. The summed E-state index contributed by atoms with van der Waals surface area (Å²) in [6, 6.07) is 1.39. The van der Waals surface area contributed by atoms with Crippen molar-refractivity contribution < 1.29 is 4.63 Å². The summed E-state index contributed by atoms with van der Waals surface area (Å²) in [6.07, 6.45) is 2.91. The van der Waals surface area contributed by atoms with Crippen molar-refractivity contribution in [3.8, 4) is 0 Å². The van der Waals surface area contributed by atoms with Gasteiger partial charge < -0.3 is 0 Å². The zero-order valence-corrected chi connectivity index (χ0v) is 7.54. The van der Waals surface area contributed by atoms with Gasteiger partial charge in [-0.3, -0.25) is 9.36 Å². The molecule has 0 radical (unpaired) electrons. The quantitative estimate of drug-likeness (QED) is 0.668. The third-order valence-electron chi connectivity index (χ3n) is 1.86. The molecule has 0 amide bonds. The van der Waals surface area contributed by atoms with Crippen LogP contribution in [0.5, 0.6) is 0 Å². The Labute approximate surface area is 79.2 Å². The van der Waals surface area contributed by atoms with Gasteiger partial charge in [0.1, 0.15) is 11.4 Å². The zero-order valence-electron chi connectivity index (χ0n) is 7.54. The Morgan fingerprint density at radius 2 is 2.36 bits per heavy atom. The van der Waals surface area contributed by atoms with Crippen LogP contribution in [0.4, 0.5) is 0 Å². The van der Waals surface area contributed by atoms with Crippen LogP contribution >= 0.6 is 0 Å². The monoisotopic (exact) mass is 192 g/mol. The van der Waals surface area contributed by atoms with Crippen LogP contribution in [0.15, 0.2) is 28.0 Å². The van der Waals surface area contributed by atoms with E-state index < -0.39 is 0 Å². The molecule has 0 aliphatic heterocycles. The minimum Gasteiger partial charge on any atom is -0.293 e. The van der Waals surface area contributed by atoms with Crippen LogP contribution in [0.1, 0.15) is 11.4 Å². The minimum absolute atomic E-state index is 0.123. The Morgan fingerprint density at radius 3 is 3.00 bits per heavy atom. The molecule has 14 heavy (non-hydrogen) atoms. The van der Waals surface area contributed by atoms with Crippen molar-refractivity contribution >= 4 is 0 Å². The van der Waals surface area contributed by atoms with Crippen LogP contribution in [0.25, 0.3) is 0 Å². The lowest BCUT2D eigenvalue weighted by atomic mass is 10.3. The molecule has 0 atom stereocenters. The van der Waals surface area contributed by atoms with E-state index >= 15 is 0 Å². The normalized spacial score (nSPS) is 10.4. The molecule has 2 aromatic heterocycles. The van der Waals surface area contributed by atoms with Gasteiger partial charge in [0.05, 0.1) is 12.9 Å². The van der Waals surface area contributed by atoms with E-state index in [2.05, 4.69) is 19.9 Å². The maximum Gasteiger partial charge on any atom is 0.253 e. The van der Waals surface area contributed by atoms with E-state index in [-0.39, 0.29) is 5.56 Å². The average Bonchev–Trinajstić information content (AvgIpc) is 2.56. The van der Waals surface area contributed by atoms with Gasteiger partial charge in [-0.25, -0.2) is 9.61 Å². The molecule has 0 saturated carbocycles. The molecule has 0 saturated heterocycles. The molecule has 0 N–H and O–H groups in total. The molecule has 6 heteroatoms. The molecular weight excluding hydrogens is 184 g/mol. The largest absolute Gasteiger partial charge is 0.293 e. The van der Waals surface area contributed by atoms with Gasteiger partial charge in [0, 0.05) is 12.3 Å². The van der Waals surface area contributed by atoms with E-state index in [0.29, 0.717) is 17.9 Å². The lowest BCUT2D eigenvalue weighted by Crippen LogP contribution is -2.19. The van der Waals surface area contributed by atoms with Gasteiger partial charge in [0.25, 0.3) is 5.56 Å². The summed E-state index contributed by atoms with van der Waals surface area (Å²) < 4.78 is 5.96. The third-order valence-corrected chi connectivity index (χ3v) is 1.86. The van der Waals surface area contributed by atoms with Gasteiger partial charge in [-0.15, -0.1) is 0 Å². The molecule has 0 unspecified atom stereocenters. The number of hydrogen-bond acceptors (Lipinski definition) is 5. The van der Waals surface area contributed by atoms with Crippen LogP contribution in [-0.4, -0.2) is 19.9 Å². The van der Waals surface area contributed by atoms with E-state index in [0.717, 1.165) is 0 Å². The summed E-state index contributed by atoms with van der Waals surface area (Å²) in [6.45, 7) is 2.11. The van der Waals surface area contributed by atoms with Crippen molar-refractivity contribution in [2.24, 2.45) is 0 Å². The maximum atomic E-state index is 11.3. The predicted molar refractivity (Wildman–Crippen MR) is 46.6 cm³/mol. The standard InChI is InChI=1S/C8H8N4O2/c1-6-7(11-14-10-6)4-12-5-9-3-2-8(12)13/h2-3,5H,4H2,1H3.